The maximum atomic E-state index is 11.6. The standard InChI is InChI=1S/C18H16N2O/c1-20(18(19)21)16-12-11-13-7-5-6-10-15(13)17(16)14-8-3-2-4-9-14/h2-12H,1H3,(H2,19,21). The summed E-state index contributed by atoms with van der Waals surface area (Å²) in [5.74, 6) is 0. The third-order valence-corrected chi connectivity index (χ3v) is 3.66. The lowest BCUT2D eigenvalue weighted by atomic mass is 9.96. The minimum Gasteiger partial charge on any atom is -0.351 e. The molecule has 0 aliphatic carbocycles. The highest BCUT2D eigenvalue weighted by Crippen LogP contribution is 2.37. The predicted molar refractivity (Wildman–Crippen MR) is 87.4 cm³/mol. The first-order chi connectivity index (χ1) is 10.2. The number of carbonyl (C=O) groups is 1. The Balaban J connectivity index is 2.36. The molecule has 3 heteroatoms. The smallest absolute Gasteiger partial charge is 0.319 e. The second-order valence-electron chi connectivity index (χ2n) is 4.94. The number of benzene rings is 3. The summed E-state index contributed by atoms with van der Waals surface area (Å²) in [6.07, 6.45) is 0. The molecular formula is C18H16N2O. The van der Waals surface area contributed by atoms with E-state index >= 15 is 0 Å². The van der Waals surface area contributed by atoms with Crippen molar-refractivity contribution in [2.45, 2.75) is 0 Å². The molecule has 0 radical (unpaired) electrons. The Hall–Kier alpha value is -2.81. The molecule has 2 amide bonds. The zero-order valence-corrected chi connectivity index (χ0v) is 11.8. The zero-order chi connectivity index (χ0) is 14.8. The second kappa shape index (κ2) is 5.29. The molecule has 3 rings (SSSR count). The molecule has 0 saturated carbocycles. The Labute approximate surface area is 123 Å². The van der Waals surface area contributed by atoms with Crippen molar-refractivity contribution in [3.05, 3.63) is 66.7 Å². The minimum atomic E-state index is -0.470. The van der Waals surface area contributed by atoms with Crippen LogP contribution in [0.4, 0.5) is 10.5 Å². The van der Waals surface area contributed by atoms with Gasteiger partial charge in [-0.2, -0.15) is 0 Å². The lowest BCUT2D eigenvalue weighted by Crippen LogP contribution is -2.32. The highest BCUT2D eigenvalue weighted by molar-refractivity contribution is 6.06. The number of fused-ring (bicyclic) bond motifs is 1. The summed E-state index contributed by atoms with van der Waals surface area (Å²) in [4.78, 5) is 13.0. The van der Waals surface area contributed by atoms with Gasteiger partial charge in [0.05, 0.1) is 5.69 Å². The number of primary amides is 1. The first-order valence-corrected chi connectivity index (χ1v) is 6.79. The molecule has 0 aliphatic rings. The topological polar surface area (TPSA) is 46.3 Å². The van der Waals surface area contributed by atoms with Crippen LogP contribution in [-0.4, -0.2) is 13.1 Å². The number of carbonyl (C=O) groups excluding carboxylic acids is 1. The van der Waals surface area contributed by atoms with Gasteiger partial charge in [0.2, 0.25) is 0 Å². The van der Waals surface area contributed by atoms with Gasteiger partial charge in [0.15, 0.2) is 0 Å². The molecule has 0 heterocycles. The van der Waals surface area contributed by atoms with Gasteiger partial charge in [-0.25, -0.2) is 4.79 Å². The van der Waals surface area contributed by atoms with E-state index < -0.39 is 6.03 Å². The van der Waals surface area contributed by atoms with Crippen molar-refractivity contribution in [3.63, 3.8) is 0 Å². The third kappa shape index (κ3) is 2.34. The van der Waals surface area contributed by atoms with Crippen LogP contribution in [0.1, 0.15) is 0 Å². The Bertz CT molecular complexity index is 797. The summed E-state index contributed by atoms with van der Waals surface area (Å²) < 4.78 is 0. The van der Waals surface area contributed by atoms with Gasteiger partial charge in [-0.1, -0.05) is 60.7 Å². The van der Waals surface area contributed by atoms with Crippen LogP contribution in [0.2, 0.25) is 0 Å². The van der Waals surface area contributed by atoms with Gasteiger partial charge in [-0.05, 0) is 22.4 Å². The maximum Gasteiger partial charge on any atom is 0.319 e. The molecule has 0 saturated heterocycles. The maximum absolute atomic E-state index is 11.6. The van der Waals surface area contributed by atoms with E-state index in [1.807, 2.05) is 54.6 Å². The summed E-state index contributed by atoms with van der Waals surface area (Å²) in [6, 6.07) is 21.7. The molecule has 0 fully saturated rings. The number of rotatable bonds is 2. The van der Waals surface area contributed by atoms with Gasteiger partial charge in [-0.3, -0.25) is 4.90 Å². The minimum absolute atomic E-state index is 0.470. The number of urea groups is 1. The van der Waals surface area contributed by atoms with Crippen molar-refractivity contribution in [3.8, 4) is 11.1 Å². The molecule has 21 heavy (non-hydrogen) atoms. The monoisotopic (exact) mass is 276 g/mol. The fourth-order valence-corrected chi connectivity index (χ4v) is 2.57. The average Bonchev–Trinajstić information content (AvgIpc) is 2.53. The van der Waals surface area contributed by atoms with Crippen LogP contribution < -0.4 is 10.6 Å². The molecule has 0 spiro atoms. The van der Waals surface area contributed by atoms with E-state index in [-0.39, 0.29) is 0 Å². The first kappa shape index (κ1) is 13.2. The van der Waals surface area contributed by atoms with Crippen LogP contribution in [0, 0.1) is 0 Å². The van der Waals surface area contributed by atoms with Gasteiger partial charge in [0.25, 0.3) is 0 Å². The Morgan fingerprint density at radius 2 is 1.57 bits per heavy atom. The van der Waals surface area contributed by atoms with E-state index in [1.165, 1.54) is 4.90 Å². The van der Waals surface area contributed by atoms with Crippen molar-refractivity contribution in [1.29, 1.82) is 0 Å². The predicted octanol–water partition coefficient (Wildman–Crippen LogP) is 4.02. The van der Waals surface area contributed by atoms with Crippen LogP contribution in [-0.2, 0) is 0 Å². The van der Waals surface area contributed by atoms with Gasteiger partial charge < -0.3 is 5.73 Å². The van der Waals surface area contributed by atoms with Crippen LogP contribution in [0.25, 0.3) is 21.9 Å². The van der Waals surface area contributed by atoms with Crippen LogP contribution in [0.3, 0.4) is 0 Å². The van der Waals surface area contributed by atoms with Crippen molar-refractivity contribution in [2.75, 3.05) is 11.9 Å². The summed E-state index contributed by atoms with van der Waals surface area (Å²) in [5.41, 5.74) is 8.35. The summed E-state index contributed by atoms with van der Waals surface area (Å²) in [6.45, 7) is 0. The van der Waals surface area contributed by atoms with E-state index in [0.717, 1.165) is 27.6 Å². The number of nitrogens with two attached hydrogens (primary N) is 1. The van der Waals surface area contributed by atoms with Gasteiger partial charge >= 0.3 is 6.03 Å². The quantitative estimate of drug-likeness (QED) is 0.755. The Morgan fingerprint density at radius 3 is 2.29 bits per heavy atom. The van der Waals surface area contributed by atoms with Gasteiger partial charge in [-0.15, -0.1) is 0 Å². The summed E-state index contributed by atoms with van der Waals surface area (Å²) >= 11 is 0. The summed E-state index contributed by atoms with van der Waals surface area (Å²) in [7, 11) is 1.69. The molecule has 0 atom stereocenters. The summed E-state index contributed by atoms with van der Waals surface area (Å²) in [5, 5.41) is 2.24. The number of hydrogen-bond donors (Lipinski definition) is 1. The van der Waals surface area contributed by atoms with E-state index in [9.17, 15) is 4.79 Å². The highest BCUT2D eigenvalue weighted by Gasteiger charge is 2.15. The Kier molecular flexibility index (Phi) is 3.32. The number of anilines is 1. The van der Waals surface area contributed by atoms with E-state index in [2.05, 4.69) is 12.1 Å². The van der Waals surface area contributed by atoms with E-state index in [4.69, 9.17) is 5.73 Å². The van der Waals surface area contributed by atoms with Crippen molar-refractivity contribution < 1.29 is 4.79 Å². The molecule has 3 aromatic carbocycles. The molecule has 2 N–H and O–H groups in total. The molecule has 0 aromatic heterocycles. The van der Waals surface area contributed by atoms with Gasteiger partial charge in [0, 0.05) is 12.6 Å². The molecule has 3 aromatic rings. The second-order valence-corrected chi connectivity index (χ2v) is 4.94. The lowest BCUT2D eigenvalue weighted by Gasteiger charge is -2.20. The van der Waals surface area contributed by atoms with E-state index in [1.54, 1.807) is 7.05 Å². The van der Waals surface area contributed by atoms with Crippen LogP contribution >= 0.6 is 0 Å². The largest absolute Gasteiger partial charge is 0.351 e. The highest BCUT2D eigenvalue weighted by atomic mass is 16.2. The normalized spacial score (nSPS) is 10.5. The average molecular weight is 276 g/mol. The van der Waals surface area contributed by atoms with Crippen molar-refractivity contribution in [1.82, 2.24) is 0 Å². The SMILES string of the molecule is CN(C(N)=O)c1ccc2ccccc2c1-c1ccccc1. The molecule has 104 valence electrons. The molecular weight excluding hydrogens is 260 g/mol. The first-order valence-electron chi connectivity index (χ1n) is 6.79. The molecule has 3 nitrogen and oxygen atoms in total. The number of amides is 2. The fraction of sp³-hybridized carbons (Fsp3) is 0.0556. The van der Waals surface area contributed by atoms with Crippen LogP contribution in [0.5, 0.6) is 0 Å². The lowest BCUT2D eigenvalue weighted by molar-refractivity contribution is 0.255. The fourth-order valence-electron chi connectivity index (χ4n) is 2.57. The van der Waals surface area contributed by atoms with Gasteiger partial charge in [0.1, 0.15) is 0 Å². The number of nitrogens with zero attached hydrogens (tertiary/aromatic N) is 1. The Morgan fingerprint density at radius 1 is 0.905 bits per heavy atom. The number of hydrogen-bond acceptors (Lipinski definition) is 1. The zero-order valence-electron chi connectivity index (χ0n) is 11.8. The van der Waals surface area contributed by atoms with Crippen LogP contribution in [0.15, 0.2) is 66.7 Å². The van der Waals surface area contributed by atoms with Crippen molar-refractivity contribution in [2.24, 2.45) is 5.73 Å². The third-order valence-electron chi connectivity index (χ3n) is 3.66. The van der Waals surface area contributed by atoms with Crippen molar-refractivity contribution >= 4 is 22.5 Å². The molecule has 0 bridgehead atoms. The van der Waals surface area contributed by atoms with E-state index in [0.29, 0.717) is 0 Å². The molecule has 0 unspecified atom stereocenters. The molecule has 0 aliphatic heterocycles.